The van der Waals surface area contributed by atoms with Crippen LogP contribution in [0, 0.1) is 23.5 Å². The Hall–Kier alpha value is -2.60. The van der Waals surface area contributed by atoms with E-state index < -0.39 is 11.6 Å². The highest BCUT2D eigenvalue weighted by Crippen LogP contribution is 2.26. The van der Waals surface area contributed by atoms with Gasteiger partial charge in [0.25, 0.3) is 0 Å². The molecule has 1 aliphatic rings. The lowest BCUT2D eigenvalue weighted by Crippen LogP contribution is -2.00. The first-order chi connectivity index (χ1) is 13.1. The number of hydrogen-bond acceptors (Lipinski definition) is 2. The Morgan fingerprint density at radius 2 is 1.85 bits per heavy atom. The van der Waals surface area contributed by atoms with Gasteiger partial charge in [0.1, 0.15) is 11.6 Å². The molecule has 0 atom stereocenters. The molecule has 0 amide bonds. The maximum atomic E-state index is 14.1. The van der Waals surface area contributed by atoms with Gasteiger partial charge in [-0.25, -0.2) is 8.78 Å². The van der Waals surface area contributed by atoms with Crippen molar-refractivity contribution in [3.05, 3.63) is 69.8 Å². The van der Waals surface area contributed by atoms with Gasteiger partial charge in [-0.3, -0.25) is 0 Å². The van der Waals surface area contributed by atoms with E-state index >= 15 is 0 Å². The van der Waals surface area contributed by atoms with E-state index in [2.05, 4.69) is 59.3 Å². The average molecular weight is 379 g/mol. The maximum Gasteiger partial charge on any atom is 0.143 e. The topological polar surface area (TPSA) is 12.4 Å². The molecule has 0 unspecified atom stereocenters. The highest BCUT2D eigenvalue weighted by atomic mass is 32.1. The molecule has 0 heterocycles. The van der Waals surface area contributed by atoms with Crippen LogP contribution in [-0.2, 0) is 12.8 Å². The Bertz CT molecular complexity index is 982. The summed E-state index contributed by atoms with van der Waals surface area (Å²) < 4.78 is 28.2. The Morgan fingerprint density at radius 3 is 2.56 bits per heavy atom. The van der Waals surface area contributed by atoms with Crippen molar-refractivity contribution in [2.75, 3.05) is 0 Å². The summed E-state index contributed by atoms with van der Waals surface area (Å²) in [5.74, 6) is 4.07. The predicted molar refractivity (Wildman–Crippen MR) is 109 cm³/mol. The molecule has 0 bridgehead atoms. The van der Waals surface area contributed by atoms with Gasteiger partial charge in [0.05, 0.1) is 16.4 Å². The summed E-state index contributed by atoms with van der Waals surface area (Å²) in [5.41, 5.74) is 4.53. The zero-order chi connectivity index (χ0) is 19.2. The molecular formula is C23H19F2NS. The van der Waals surface area contributed by atoms with E-state index in [1.807, 2.05) is 6.08 Å². The molecule has 2 aromatic rings. The fraction of sp³-hybridized carbons (Fsp3) is 0.261. The molecule has 0 N–H and O–H groups in total. The molecule has 0 aromatic heterocycles. The number of benzene rings is 2. The van der Waals surface area contributed by atoms with Gasteiger partial charge in [-0.15, -0.1) is 0 Å². The Morgan fingerprint density at radius 1 is 1.07 bits per heavy atom. The van der Waals surface area contributed by atoms with Crippen LogP contribution in [0.5, 0.6) is 0 Å². The van der Waals surface area contributed by atoms with Gasteiger partial charge in [0.15, 0.2) is 0 Å². The van der Waals surface area contributed by atoms with Crippen molar-refractivity contribution in [1.82, 2.24) is 0 Å². The summed E-state index contributed by atoms with van der Waals surface area (Å²) in [7, 11) is 0. The quantitative estimate of drug-likeness (QED) is 0.339. The molecule has 0 fully saturated rings. The number of thiocarbonyl (C=S) groups is 1. The third kappa shape index (κ3) is 4.77. The Balaban J connectivity index is 1.84. The lowest BCUT2D eigenvalue weighted by atomic mass is 9.90. The summed E-state index contributed by atoms with van der Waals surface area (Å²) in [4.78, 5) is 3.60. The normalized spacial score (nSPS) is 12.3. The van der Waals surface area contributed by atoms with E-state index in [4.69, 9.17) is 0 Å². The SMILES string of the molecule is CCCCc1ccc2c(c1)CCC(C#Cc1c(F)cc(N=C=S)cc1F)=C2. The van der Waals surface area contributed by atoms with E-state index in [9.17, 15) is 8.78 Å². The molecule has 136 valence electrons. The van der Waals surface area contributed by atoms with Crippen molar-refractivity contribution in [2.24, 2.45) is 4.99 Å². The van der Waals surface area contributed by atoms with Gasteiger partial charge in [0, 0.05) is 17.7 Å². The first-order valence-electron chi connectivity index (χ1n) is 9.02. The largest absolute Gasteiger partial charge is 0.205 e. The van der Waals surface area contributed by atoms with Crippen molar-refractivity contribution < 1.29 is 8.78 Å². The number of aryl methyl sites for hydroxylation is 2. The molecule has 0 aliphatic heterocycles. The van der Waals surface area contributed by atoms with Gasteiger partial charge in [-0.05, 0) is 60.7 Å². The van der Waals surface area contributed by atoms with Crippen molar-refractivity contribution >= 4 is 29.1 Å². The highest BCUT2D eigenvalue weighted by molar-refractivity contribution is 7.78. The smallest absolute Gasteiger partial charge is 0.143 e. The van der Waals surface area contributed by atoms with Gasteiger partial charge in [0.2, 0.25) is 0 Å². The van der Waals surface area contributed by atoms with E-state index in [-0.39, 0.29) is 11.3 Å². The number of isothiocyanates is 1. The minimum absolute atomic E-state index is 0.0928. The molecule has 3 rings (SSSR count). The number of unbranched alkanes of at least 4 members (excludes halogenated alkanes) is 1. The third-order valence-electron chi connectivity index (χ3n) is 4.57. The molecule has 0 spiro atoms. The first-order valence-corrected chi connectivity index (χ1v) is 9.43. The van der Waals surface area contributed by atoms with E-state index in [1.54, 1.807) is 0 Å². The number of halogens is 2. The van der Waals surface area contributed by atoms with Crippen molar-refractivity contribution in [1.29, 1.82) is 0 Å². The summed E-state index contributed by atoms with van der Waals surface area (Å²) in [6.45, 7) is 2.19. The van der Waals surface area contributed by atoms with Crippen molar-refractivity contribution in [3.8, 4) is 11.8 Å². The molecule has 0 radical (unpaired) electrons. The number of allylic oxidation sites excluding steroid dienone is 1. The minimum Gasteiger partial charge on any atom is -0.205 e. The van der Waals surface area contributed by atoms with Gasteiger partial charge in [-0.1, -0.05) is 43.4 Å². The molecule has 2 aromatic carbocycles. The molecule has 0 saturated carbocycles. The molecule has 27 heavy (non-hydrogen) atoms. The minimum atomic E-state index is -0.746. The van der Waals surface area contributed by atoms with Crippen LogP contribution >= 0.6 is 12.2 Å². The van der Waals surface area contributed by atoms with Crippen LogP contribution in [0.2, 0.25) is 0 Å². The van der Waals surface area contributed by atoms with Crippen molar-refractivity contribution in [3.63, 3.8) is 0 Å². The predicted octanol–water partition coefficient (Wildman–Crippen LogP) is 6.42. The zero-order valence-corrected chi connectivity index (χ0v) is 15.9. The zero-order valence-electron chi connectivity index (χ0n) is 15.1. The van der Waals surface area contributed by atoms with Gasteiger partial charge >= 0.3 is 0 Å². The number of aliphatic imine (C=N–C) groups is 1. The first kappa shape index (κ1) is 19.2. The number of rotatable bonds is 4. The number of hydrogen-bond donors (Lipinski definition) is 0. The van der Waals surface area contributed by atoms with Crippen LogP contribution in [0.4, 0.5) is 14.5 Å². The number of fused-ring (bicyclic) bond motifs is 1. The maximum absolute atomic E-state index is 14.1. The lowest BCUT2D eigenvalue weighted by molar-refractivity contribution is 0.578. The van der Waals surface area contributed by atoms with Crippen LogP contribution in [-0.4, -0.2) is 5.16 Å². The van der Waals surface area contributed by atoms with Gasteiger partial charge < -0.3 is 0 Å². The Kier molecular flexibility index (Phi) is 6.29. The second-order valence-corrected chi connectivity index (χ2v) is 6.73. The summed E-state index contributed by atoms with van der Waals surface area (Å²) in [5, 5.41) is 2.10. The van der Waals surface area contributed by atoms with E-state index in [0.29, 0.717) is 0 Å². The summed E-state index contributed by atoms with van der Waals surface area (Å²) in [6, 6.07) is 8.74. The fourth-order valence-electron chi connectivity index (χ4n) is 3.12. The molecule has 4 heteroatoms. The van der Waals surface area contributed by atoms with E-state index in [0.717, 1.165) is 42.5 Å². The summed E-state index contributed by atoms with van der Waals surface area (Å²) >= 11 is 4.45. The monoisotopic (exact) mass is 379 g/mol. The highest BCUT2D eigenvalue weighted by Gasteiger charge is 2.12. The molecule has 1 aliphatic carbocycles. The summed E-state index contributed by atoms with van der Waals surface area (Å²) in [6.07, 6.45) is 7.15. The van der Waals surface area contributed by atoms with Crippen LogP contribution in [0.3, 0.4) is 0 Å². The van der Waals surface area contributed by atoms with E-state index in [1.165, 1.54) is 24.0 Å². The lowest BCUT2D eigenvalue weighted by Gasteiger charge is -2.14. The standard InChI is InChI=1S/C23H19F2NS/c1-2-3-4-16-5-8-19-12-17(6-9-18(19)11-16)7-10-21-22(24)13-20(26-15-27)14-23(21)25/h5,8,11-14H,2-4,6,9H2,1H3. The second-order valence-electron chi connectivity index (χ2n) is 6.54. The van der Waals surface area contributed by atoms with Crippen LogP contribution in [0.25, 0.3) is 6.08 Å². The van der Waals surface area contributed by atoms with Crippen molar-refractivity contribution in [2.45, 2.75) is 39.0 Å². The molecule has 0 saturated heterocycles. The van der Waals surface area contributed by atoms with Crippen LogP contribution < -0.4 is 0 Å². The van der Waals surface area contributed by atoms with Crippen LogP contribution in [0.1, 0.15) is 48.4 Å². The Labute approximate surface area is 163 Å². The second kappa shape index (κ2) is 8.86. The molecular weight excluding hydrogens is 360 g/mol. The van der Waals surface area contributed by atoms with Gasteiger partial charge in [-0.2, -0.15) is 4.99 Å². The molecule has 1 nitrogen and oxygen atoms in total. The average Bonchev–Trinajstić information content (AvgIpc) is 2.65. The third-order valence-corrected chi connectivity index (χ3v) is 4.66. The van der Waals surface area contributed by atoms with Crippen LogP contribution in [0.15, 0.2) is 40.9 Å². The fourth-order valence-corrected chi connectivity index (χ4v) is 3.23. The number of nitrogens with zero attached hydrogens (tertiary/aromatic N) is 1.